The Balaban J connectivity index is 1.84. The van der Waals surface area contributed by atoms with E-state index in [1.54, 1.807) is 19.0 Å². The van der Waals surface area contributed by atoms with E-state index in [0.29, 0.717) is 32.3 Å². The molecule has 0 spiro atoms. The van der Waals surface area contributed by atoms with E-state index in [1.807, 2.05) is 6.92 Å². The zero-order chi connectivity index (χ0) is 21.1. The molecule has 2 N–H and O–H groups in total. The molecule has 1 aromatic rings. The number of nitrogens with one attached hydrogen (secondary N) is 2. The highest BCUT2D eigenvalue weighted by molar-refractivity contribution is 5.79. The van der Waals surface area contributed by atoms with E-state index in [1.165, 1.54) is 18.2 Å². The van der Waals surface area contributed by atoms with Gasteiger partial charge in [0.2, 0.25) is 0 Å². The highest BCUT2D eigenvalue weighted by Gasteiger charge is 2.22. The third-order valence-electron chi connectivity index (χ3n) is 4.81. The number of hydrogen-bond acceptors (Lipinski definition) is 4. The van der Waals surface area contributed by atoms with E-state index in [4.69, 9.17) is 9.47 Å². The highest BCUT2D eigenvalue weighted by atomic mass is 19.1. The van der Waals surface area contributed by atoms with Gasteiger partial charge in [-0.15, -0.1) is 0 Å². The van der Waals surface area contributed by atoms with Crippen molar-refractivity contribution in [2.24, 2.45) is 4.99 Å². The molecule has 29 heavy (non-hydrogen) atoms. The minimum Gasteiger partial charge on any atom is -0.379 e. The molecular formula is C21H34F2N4O2. The second-order valence-corrected chi connectivity index (χ2v) is 7.32. The fourth-order valence-corrected chi connectivity index (χ4v) is 3.23. The first-order valence-electron chi connectivity index (χ1n) is 10.3. The maximum Gasteiger partial charge on any atom is 0.191 e. The number of rotatable bonds is 11. The zero-order valence-corrected chi connectivity index (χ0v) is 17.7. The van der Waals surface area contributed by atoms with Crippen molar-refractivity contribution in [3.05, 3.63) is 35.4 Å². The molecule has 2 atom stereocenters. The summed E-state index contributed by atoms with van der Waals surface area (Å²) in [7, 11) is 3.58. The lowest BCUT2D eigenvalue weighted by Crippen LogP contribution is -2.39. The van der Waals surface area contributed by atoms with E-state index in [2.05, 4.69) is 15.6 Å². The Morgan fingerprint density at radius 1 is 1.31 bits per heavy atom. The SMILES string of the molecule is CCNC(=NCC(c1c(F)cccc1F)N(C)C)NCCCOCC1CCCO1. The van der Waals surface area contributed by atoms with Crippen molar-refractivity contribution < 1.29 is 18.3 Å². The Morgan fingerprint density at radius 3 is 2.69 bits per heavy atom. The van der Waals surface area contributed by atoms with Crippen molar-refractivity contribution in [2.45, 2.75) is 38.3 Å². The molecule has 0 aromatic heterocycles. The summed E-state index contributed by atoms with van der Waals surface area (Å²) in [6.45, 7) is 5.72. The summed E-state index contributed by atoms with van der Waals surface area (Å²) in [6, 6.07) is 3.43. The molecule has 6 nitrogen and oxygen atoms in total. The number of guanidine groups is 1. The van der Waals surface area contributed by atoms with Gasteiger partial charge in [0.25, 0.3) is 0 Å². The Hall–Kier alpha value is -1.77. The number of halogens is 2. The second-order valence-electron chi connectivity index (χ2n) is 7.32. The minimum absolute atomic E-state index is 0.0413. The van der Waals surface area contributed by atoms with E-state index < -0.39 is 17.7 Å². The zero-order valence-electron chi connectivity index (χ0n) is 17.7. The molecule has 1 heterocycles. The van der Waals surface area contributed by atoms with E-state index in [9.17, 15) is 8.78 Å². The molecule has 0 aliphatic carbocycles. The Bertz CT molecular complexity index is 617. The molecule has 8 heteroatoms. The lowest BCUT2D eigenvalue weighted by Gasteiger charge is -2.24. The third kappa shape index (κ3) is 7.87. The largest absolute Gasteiger partial charge is 0.379 e. The molecule has 0 saturated carbocycles. The quantitative estimate of drug-likeness (QED) is 0.333. The predicted molar refractivity (Wildman–Crippen MR) is 111 cm³/mol. The molecule has 0 bridgehead atoms. The molecule has 1 saturated heterocycles. The fourth-order valence-electron chi connectivity index (χ4n) is 3.23. The van der Waals surface area contributed by atoms with E-state index in [0.717, 1.165) is 25.9 Å². The Morgan fingerprint density at radius 2 is 2.07 bits per heavy atom. The van der Waals surface area contributed by atoms with Gasteiger partial charge in [0.05, 0.1) is 25.3 Å². The second kappa shape index (κ2) is 12.7. The predicted octanol–water partition coefficient (Wildman–Crippen LogP) is 2.71. The first kappa shape index (κ1) is 23.5. The van der Waals surface area contributed by atoms with Crippen molar-refractivity contribution in [1.29, 1.82) is 0 Å². The standard InChI is InChI=1S/C21H34F2N4O2/c1-4-24-21(25-11-7-12-28-15-16-8-6-13-29-16)26-14-19(27(2)3)20-17(22)9-5-10-18(20)23/h5,9-10,16,19H,4,6-8,11-15H2,1-3H3,(H2,24,25,26). The van der Waals surface area contributed by atoms with Crippen molar-refractivity contribution in [2.75, 3.05) is 53.6 Å². The molecular weight excluding hydrogens is 378 g/mol. The van der Waals surface area contributed by atoms with Gasteiger partial charge >= 0.3 is 0 Å². The van der Waals surface area contributed by atoms with Crippen LogP contribution in [0.4, 0.5) is 8.78 Å². The van der Waals surface area contributed by atoms with Gasteiger partial charge in [-0.2, -0.15) is 0 Å². The molecule has 1 aliphatic rings. The number of benzene rings is 1. The van der Waals surface area contributed by atoms with Crippen molar-refractivity contribution >= 4 is 5.96 Å². The van der Waals surface area contributed by atoms with Crippen molar-refractivity contribution in [3.63, 3.8) is 0 Å². The van der Waals surface area contributed by atoms with Crippen LogP contribution in [0.25, 0.3) is 0 Å². The number of aliphatic imine (C=N–C) groups is 1. The van der Waals surface area contributed by atoms with Crippen LogP contribution in [-0.4, -0.2) is 70.5 Å². The van der Waals surface area contributed by atoms with Gasteiger partial charge in [-0.25, -0.2) is 8.78 Å². The normalized spacial score (nSPS) is 18.3. The van der Waals surface area contributed by atoms with Crippen LogP contribution in [0, 0.1) is 11.6 Å². The van der Waals surface area contributed by atoms with Crippen molar-refractivity contribution in [3.8, 4) is 0 Å². The lowest BCUT2D eigenvalue weighted by atomic mass is 10.0. The third-order valence-corrected chi connectivity index (χ3v) is 4.81. The summed E-state index contributed by atoms with van der Waals surface area (Å²) < 4.78 is 39.6. The van der Waals surface area contributed by atoms with Crippen LogP contribution < -0.4 is 10.6 Å². The van der Waals surface area contributed by atoms with Gasteiger partial charge in [-0.1, -0.05) is 6.07 Å². The van der Waals surface area contributed by atoms with Gasteiger partial charge in [0.1, 0.15) is 11.6 Å². The number of nitrogens with zero attached hydrogens (tertiary/aromatic N) is 2. The summed E-state index contributed by atoms with van der Waals surface area (Å²) in [6.07, 6.45) is 3.26. The van der Waals surface area contributed by atoms with Crippen LogP contribution in [0.1, 0.15) is 37.8 Å². The maximum absolute atomic E-state index is 14.2. The highest BCUT2D eigenvalue weighted by Crippen LogP contribution is 2.24. The lowest BCUT2D eigenvalue weighted by molar-refractivity contribution is 0.0168. The molecule has 1 fully saturated rings. The van der Waals surface area contributed by atoms with Crippen LogP contribution in [0.3, 0.4) is 0 Å². The van der Waals surface area contributed by atoms with Gasteiger partial charge in [0, 0.05) is 31.9 Å². The van der Waals surface area contributed by atoms with Gasteiger partial charge in [-0.05, 0) is 52.4 Å². The monoisotopic (exact) mass is 412 g/mol. The van der Waals surface area contributed by atoms with E-state index >= 15 is 0 Å². The van der Waals surface area contributed by atoms with E-state index in [-0.39, 0.29) is 18.2 Å². The summed E-state index contributed by atoms with van der Waals surface area (Å²) >= 11 is 0. The number of likely N-dealkylation sites (N-methyl/N-ethyl adjacent to an activating group) is 1. The van der Waals surface area contributed by atoms with Crippen LogP contribution >= 0.6 is 0 Å². The number of hydrogen-bond donors (Lipinski definition) is 2. The topological polar surface area (TPSA) is 58.1 Å². The molecule has 2 rings (SSSR count). The molecule has 164 valence electrons. The molecule has 0 radical (unpaired) electrons. The first-order chi connectivity index (χ1) is 14.0. The van der Waals surface area contributed by atoms with Gasteiger partial charge in [0.15, 0.2) is 5.96 Å². The minimum atomic E-state index is -0.555. The van der Waals surface area contributed by atoms with Gasteiger partial charge < -0.3 is 25.0 Å². The molecule has 1 aromatic carbocycles. The van der Waals surface area contributed by atoms with Crippen molar-refractivity contribution in [1.82, 2.24) is 15.5 Å². The van der Waals surface area contributed by atoms with Crippen LogP contribution in [0.2, 0.25) is 0 Å². The fraction of sp³-hybridized carbons (Fsp3) is 0.667. The maximum atomic E-state index is 14.2. The summed E-state index contributed by atoms with van der Waals surface area (Å²) in [4.78, 5) is 6.30. The molecule has 1 aliphatic heterocycles. The summed E-state index contributed by atoms with van der Waals surface area (Å²) in [5, 5.41) is 6.41. The summed E-state index contributed by atoms with van der Waals surface area (Å²) in [5.74, 6) is -0.490. The average molecular weight is 413 g/mol. The average Bonchev–Trinajstić information content (AvgIpc) is 3.19. The molecule has 2 unspecified atom stereocenters. The van der Waals surface area contributed by atoms with Crippen LogP contribution in [0.15, 0.2) is 23.2 Å². The molecule has 0 amide bonds. The first-order valence-corrected chi connectivity index (χ1v) is 10.3. The van der Waals surface area contributed by atoms with Crippen LogP contribution in [-0.2, 0) is 9.47 Å². The van der Waals surface area contributed by atoms with Gasteiger partial charge in [-0.3, -0.25) is 4.99 Å². The Labute approximate surface area is 172 Å². The Kier molecular flexibility index (Phi) is 10.3. The van der Waals surface area contributed by atoms with Crippen LogP contribution in [0.5, 0.6) is 0 Å². The number of ether oxygens (including phenoxy) is 2. The summed E-state index contributed by atoms with van der Waals surface area (Å²) in [5.41, 5.74) is 0.0413. The smallest absolute Gasteiger partial charge is 0.191 e.